The molecule has 0 aliphatic carbocycles. The van der Waals surface area contributed by atoms with Crippen LogP contribution in [0.25, 0.3) is 0 Å². The van der Waals surface area contributed by atoms with Gasteiger partial charge in [0.1, 0.15) is 18.8 Å². The molecule has 0 amide bonds. The highest BCUT2D eigenvalue weighted by atomic mass is 16.7. The Morgan fingerprint density at radius 3 is 1.97 bits per heavy atom. The van der Waals surface area contributed by atoms with Crippen LogP contribution in [0.1, 0.15) is 40.2 Å². The number of rotatable bonds is 11. The van der Waals surface area contributed by atoms with Gasteiger partial charge in [-0.2, -0.15) is 0 Å². The summed E-state index contributed by atoms with van der Waals surface area (Å²) in [6.45, 7) is 8.01. The zero-order chi connectivity index (χ0) is 25.7. The number of hydrogen-bond acceptors (Lipinski definition) is 12. The van der Waals surface area contributed by atoms with Crippen molar-refractivity contribution in [3.63, 3.8) is 0 Å². The highest BCUT2D eigenvalue weighted by molar-refractivity contribution is 5.76. The maximum atomic E-state index is 12.2. The van der Waals surface area contributed by atoms with Gasteiger partial charge in [0.25, 0.3) is 0 Å². The maximum Gasteiger partial charge on any atom is 0.513 e. The van der Waals surface area contributed by atoms with E-state index in [0.29, 0.717) is 5.56 Å². The van der Waals surface area contributed by atoms with Crippen LogP contribution < -0.4 is 15.2 Å². The highest BCUT2D eigenvalue weighted by Gasteiger charge is 2.21. The van der Waals surface area contributed by atoms with Gasteiger partial charge in [-0.25, -0.2) is 14.4 Å². The number of benzene rings is 1. The van der Waals surface area contributed by atoms with Gasteiger partial charge in [0.15, 0.2) is 11.5 Å². The molecule has 1 rings (SSSR count). The predicted molar refractivity (Wildman–Crippen MR) is 117 cm³/mol. The molecule has 1 aromatic carbocycles. The van der Waals surface area contributed by atoms with Crippen molar-refractivity contribution in [1.82, 2.24) is 0 Å². The molecule has 12 nitrogen and oxygen atoms in total. The third-order valence-electron chi connectivity index (χ3n) is 3.77. The summed E-state index contributed by atoms with van der Waals surface area (Å²) in [6.07, 6.45) is -3.96. The van der Waals surface area contributed by atoms with Crippen molar-refractivity contribution < 1.29 is 52.3 Å². The van der Waals surface area contributed by atoms with Crippen LogP contribution in [0, 0.1) is 0 Å². The first-order valence-corrected chi connectivity index (χ1v) is 10.7. The number of hydrogen-bond donors (Lipinski definition) is 1. The fourth-order valence-corrected chi connectivity index (χ4v) is 2.38. The summed E-state index contributed by atoms with van der Waals surface area (Å²) >= 11 is 0. The lowest BCUT2D eigenvalue weighted by atomic mass is 10.1. The molecule has 0 spiro atoms. The zero-order valence-electron chi connectivity index (χ0n) is 19.9. The molecule has 34 heavy (non-hydrogen) atoms. The topological polar surface area (TPSA) is 159 Å². The van der Waals surface area contributed by atoms with Crippen LogP contribution in [0.4, 0.5) is 14.4 Å². The van der Waals surface area contributed by atoms with E-state index in [9.17, 15) is 19.2 Å². The Kier molecular flexibility index (Phi) is 12.2. The summed E-state index contributed by atoms with van der Waals surface area (Å²) in [5.74, 6) is -0.965. The first-order valence-electron chi connectivity index (χ1n) is 10.7. The molecule has 1 aromatic rings. The minimum Gasteiger partial charge on any atom is -0.461 e. The molecule has 2 N–H and O–H groups in total. The van der Waals surface area contributed by atoms with Crippen molar-refractivity contribution in [3.05, 3.63) is 23.8 Å². The molecule has 0 aliphatic rings. The van der Waals surface area contributed by atoms with Crippen LogP contribution >= 0.6 is 0 Å². The Morgan fingerprint density at radius 1 is 0.824 bits per heavy atom. The third-order valence-corrected chi connectivity index (χ3v) is 3.77. The van der Waals surface area contributed by atoms with Crippen molar-refractivity contribution in [2.24, 2.45) is 5.73 Å². The van der Waals surface area contributed by atoms with Gasteiger partial charge >= 0.3 is 24.4 Å². The Balaban J connectivity index is 2.78. The van der Waals surface area contributed by atoms with Gasteiger partial charge in [-0.3, -0.25) is 4.79 Å². The van der Waals surface area contributed by atoms with Gasteiger partial charge in [0.2, 0.25) is 0 Å². The van der Waals surface area contributed by atoms with E-state index in [2.05, 4.69) is 0 Å². The standard InChI is InChI=1S/C22H31NO11/c1-6-28-20(25)33-17-9-8-15(11-18(17)34-21(26)29-7-2)10-16(23)19(24)30-12-14(5)32-22(27)31-13(3)4/h8-9,11,13-14,16H,6-7,10,12,23H2,1-5H3/t14-,16-/m0/s1. The fraction of sp³-hybridized carbons (Fsp3) is 0.545. The van der Waals surface area contributed by atoms with Crippen molar-refractivity contribution in [1.29, 1.82) is 0 Å². The lowest BCUT2D eigenvalue weighted by molar-refractivity contribution is -0.148. The molecule has 0 heterocycles. The van der Waals surface area contributed by atoms with Crippen molar-refractivity contribution in [2.75, 3.05) is 19.8 Å². The summed E-state index contributed by atoms with van der Waals surface area (Å²) in [5, 5.41) is 0. The normalized spacial score (nSPS) is 12.2. The molecule has 0 bridgehead atoms. The molecule has 0 aliphatic heterocycles. The van der Waals surface area contributed by atoms with E-state index < -0.39 is 36.6 Å². The summed E-state index contributed by atoms with van der Waals surface area (Å²) < 4.78 is 34.4. The SMILES string of the molecule is CCOC(=O)Oc1ccc(C[C@H](N)C(=O)OC[C@H](C)OC(=O)OC(C)C)cc1OC(=O)OCC. The van der Waals surface area contributed by atoms with Gasteiger partial charge in [-0.05, 0) is 58.7 Å². The minimum absolute atomic E-state index is 0.00232. The minimum atomic E-state index is -1.08. The van der Waals surface area contributed by atoms with Crippen LogP contribution in [0.3, 0.4) is 0 Å². The molecule has 0 saturated heterocycles. The Labute approximate surface area is 197 Å². The largest absolute Gasteiger partial charge is 0.513 e. The Morgan fingerprint density at radius 2 is 1.41 bits per heavy atom. The van der Waals surface area contributed by atoms with E-state index in [4.69, 9.17) is 38.9 Å². The predicted octanol–water partition coefficient (Wildman–Crippen LogP) is 3.12. The van der Waals surface area contributed by atoms with E-state index in [1.54, 1.807) is 27.7 Å². The molecule has 0 saturated carbocycles. The molecule has 0 aromatic heterocycles. The van der Waals surface area contributed by atoms with Crippen LogP contribution in [-0.2, 0) is 34.9 Å². The van der Waals surface area contributed by atoms with Gasteiger partial charge in [0.05, 0.1) is 19.3 Å². The first-order chi connectivity index (χ1) is 16.0. The molecular formula is C22H31NO11. The molecular weight excluding hydrogens is 454 g/mol. The van der Waals surface area contributed by atoms with Crippen LogP contribution in [-0.4, -0.2) is 62.5 Å². The molecule has 0 unspecified atom stereocenters. The van der Waals surface area contributed by atoms with E-state index >= 15 is 0 Å². The number of ether oxygens (including phenoxy) is 7. The lowest BCUT2D eigenvalue weighted by Crippen LogP contribution is -2.36. The lowest BCUT2D eigenvalue weighted by Gasteiger charge is -2.17. The second-order valence-electron chi connectivity index (χ2n) is 7.14. The quantitative estimate of drug-likeness (QED) is 0.277. The monoisotopic (exact) mass is 485 g/mol. The van der Waals surface area contributed by atoms with Crippen molar-refractivity contribution in [2.45, 2.75) is 59.3 Å². The maximum absolute atomic E-state index is 12.2. The van der Waals surface area contributed by atoms with E-state index in [-0.39, 0.29) is 43.8 Å². The van der Waals surface area contributed by atoms with Gasteiger partial charge in [0, 0.05) is 0 Å². The highest BCUT2D eigenvalue weighted by Crippen LogP contribution is 2.30. The molecule has 0 radical (unpaired) electrons. The molecule has 12 heteroatoms. The molecule has 2 atom stereocenters. The zero-order valence-corrected chi connectivity index (χ0v) is 19.9. The van der Waals surface area contributed by atoms with Crippen LogP contribution in [0.5, 0.6) is 11.5 Å². The third kappa shape index (κ3) is 10.9. The van der Waals surface area contributed by atoms with Crippen molar-refractivity contribution in [3.8, 4) is 11.5 Å². The summed E-state index contributed by atoms with van der Waals surface area (Å²) in [7, 11) is 0. The van der Waals surface area contributed by atoms with E-state index in [1.807, 2.05) is 0 Å². The second kappa shape index (κ2) is 14.6. The van der Waals surface area contributed by atoms with Gasteiger partial charge in [-0.15, -0.1) is 0 Å². The van der Waals surface area contributed by atoms with Crippen LogP contribution in [0.15, 0.2) is 18.2 Å². The smallest absolute Gasteiger partial charge is 0.461 e. The number of carbonyl (C=O) groups excluding carboxylic acids is 4. The Hall–Kier alpha value is -3.54. The average Bonchev–Trinajstić information content (AvgIpc) is 2.73. The Bertz CT molecular complexity index is 840. The van der Waals surface area contributed by atoms with Gasteiger partial charge in [-0.1, -0.05) is 6.07 Å². The van der Waals surface area contributed by atoms with E-state index in [0.717, 1.165) is 0 Å². The summed E-state index contributed by atoms with van der Waals surface area (Å²) in [6, 6.07) is 3.16. The summed E-state index contributed by atoms with van der Waals surface area (Å²) in [4.78, 5) is 47.1. The second-order valence-corrected chi connectivity index (χ2v) is 7.14. The molecule has 0 fully saturated rings. The average molecular weight is 485 g/mol. The van der Waals surface area contributed by atoms with Crippen LogP contribution in [0.2, 0.25) is 0 Å². The number of nitrogens with two attached hydrogens (primary N) is 1. The summed E-state index contributed by atoms with van der Waals surface area (Å²) in [5.41, 5.74) is 6.39. The number of esters is 1. The number of carbonyl (C=O) groups is 4. The fourth-order valence-electron chi connectivity index (χ4n) is 2.38. The van der Waals surface area contributed by atoms with Gasteiger partial charge < -0.3 is 38.9 Å². The van der Waals surface area contributed by atoms with E-state index in [1.165, 1.54) is 25.1 Å². The first kappa shape index (κ1) is 28.5. The molecule has 190 valence electrons. The van der Waals surface area contributed by atoms with Crippen molar-refractivity contribution >= 4 is 24.4 Å².